The van der Waals surface area contributed by atoms with Crippen LogP contribution >= 0.6 is 35.0 Å². The normalized spacial score (nSPS) is 12.1. The lowest BCUT2D eigenvalue weighted by Crippen LogP contribution is -2.38. The van der Waals surface area contributed by atoms with E-state index in [1.165, 1.54) is 11.8 Å². The minimum absolute atomic E-state index is 0.0332. The van der Waals surface area contributed by atoms with Crippen molar-refractivity contribution in [1.29, 1.82) is 0 Å². The van der Waals surface area contributed by atoms with Crippen molar-refractivity contribution in [2.45, 2.75) is 31.7 Å². The van der Waals surface area contributed by atoms with E-state index in [-0.39, 0.29) is 24.3 Å². The van der Waals surface area contributed by atoms with Gasteiger partial charge in [-0.15, -0.1) is 11.8 Å². The molecule has 1 amide bonds. The molecule has 1 aromatic rings. The van der Waals surface area contributed by atoms with Crippen molar-refractivity contribution in [2.24, 2.45) is 5.92 Å². The van der Waals surface area contributed by atoms with Crippen LogP contribution in [0.5, 0.6) is 0 Å². The zero-order valence-corrected chi connectivity index (χ0v) is 15.0. The number of benzene rings is 1. The van der Waals surface area contributed by atoms with Crippen LogP contribution in [0.25, 0.3) is 0 Å². The maximum atomic E-state index is 11.6. The molecule has 0 saturated heterocycles. The van der Waals surface area contributed by atoms with Gasteiger partial charge in [-0.2, -0.15) is 0 Å². The van der Waals surface area contributed by atoms with Crippen molar-refractivity contribution in [3.05, 3.63) is 28.2 Å². The maximum Gasteiger partial charge on any atom is 0.316 e. The van der Waals surface area contributed by atoms with Crippen LogP contribution in [0.1, 0.15) is 20.8 Å². The predicted octanol–water partition coefficient (Wildman–Crippen LogP) is 3.79. The number of hydrogen-bond acceptors (Lipinski definition) is 4. The van der Waals surface area contributed by atoms with Crippen LogP contribution < -0.4 is 5.32 Å². The van der Waals surface area contributed by atoms with Crippen molar-refractivity contribution in [3.8, 4) is 0 Å². The first kappa shape index (κ1) is 19.1. The number of rotatable bonds is 7. The quantitative estimate of drug-likeness (QED) is 0.591. The molecule has 0 spiro atoms. The van der Waals surface area contributed by atoms with Gasteiger partial charge in [-0.05, 0) is 31.0 Å². The number of nitrogens with one attached hydrogen (secondary N) is 1. The highest BCUT2D eigenvalue weighted by Crippen LogP contribution is 2.29. The Hall–Kier alpha value is -0.910. The number of carbonyl (C=O) groups is 2. The average molecular weight is 364 g/mol. The monoisotopic (exact) mass is 363 g/mol. The fraction of sp³-hybridized carbons (Fsp3) is 0.467. The van der Waals surface area contributed by atoms with Gasteiger partial charge in [0.25, 0.3) is 5.91 Å². The molecular weight excluding hydrogens is 345 g/mol. The number of esters is 1. The minimum atomic E-state index is -0.478. The average Bonchev–Trinajstić information content (AvgIpc) is 2.45. The Morgan fingerprint density at radius 2 is 1.95 bits per heavy atom. The number of halogens is 2. The van der Waals surface area contributed by atoms with Crippen molar-refractivity contribution >= 4 is 46.8 Å². The first-order valence-electron chi connectivity index (χ1n) is 6.82. The first-order valence-corrected chi connectivity index (χ1v) is 8.56. The molecule has 0 aliphatic rings. The molecule has 1 rings (SSSR count). The SMILES string of the molecule is CC(C)C(C)NC(=O)COC(=O)CSc1cc(Cl)ccc1Cl. The Bertz CT molecular complexity index is 538. The second-order valence-corrected chi connectivity index (χ2v) is 6.99. The van der Waals surface area contributed by atoms with Crippen LogP contribution in [0.15, 0.2) is 23.1 Å². The number of amides is 1. The number of carbonyl (C=O) groups excluding carboxylic acids is 2. The van der Waals surface area contributed by atoms with Gasteiger partial charge in [-0.25, -0.2) is 0 Å². The van der Waals surface area contributed by atoms with E-state index in [1.54, 1.807) is 18.2 Å². The van der Waals surface area contributed by atoms with Gasteiger partial charge in [0.05, 0.1) is 10.8 Å². The lowest BCUT2D eigenvalue weighted by atomic mass is 10.1. The maximum absolute atomic E-state index is 11.6. The first-order chi connectivity index (χ1) is 10.3. The molecule has 1 N–H and O–H groups in total. The van der Waals surface area contributed by atoms with E-state index in [0.29, 0.717) is 20.9 Å². The summed E-state index contributed by atoms with van der Waals surface area (Å²) in [6, 6.07) is 5.05. The molecule has 0 bridgehead atoms. The summed E-state index contributed by atoms with van der Waals surface area (Å²) >= 11 is 13.1. The van der Waals surface area contributed by atoms with E-state index in [9.17, 15) is 9.59 Å². The van der Waals surface area contributed by atoms with Gasteiger partial charge in [-0.3, -0.25) is 9.59 Å². The molecule has 122 valence electrons. The molecule has 0 heterocycles. The topological polar surface area (TPSA) is 55.4 Å². The Kier molecular flexibility index (Phi) is 8.07. The third-order valence-corrected chi connectivity index (χ3v) is 4.70. The van der Waals surface area contributed by atoms with E-state index in [1.807, 2.05) is 20.8 Å². The molecule has 7 heteroatoms. The van der Waals surface area contributed by atoms with Gasteiger partial charge in [0.2, 0.25) is 0 Å². The van der Waals surface area contributed by atoms with Gasteiger partial charge >= 0.3 is 5.97 Å². The Labute approximate surface area is 144 Å². The van der Waals surface area contributed by atoms with Crippen molar-refractivity contribution in [2.75, 3.05) is 12.4 Å². The van der Waals surface area contributed by atoms with Crippen LogP contribution in [0.2, 0.25) is 10.0 Å². The summed E-state index contributed by atoms with van der Waals surface area (Å²) in [6.07, 6.45) is 0. The molecule has 0 fully saturated rings. The molecule has 0 radical (unpaired) electrons. The molecule has 0 aliphatic carbocycles. The van der Waals surface area contributed by atoms with E-state index in [4.69, 9.17) is 27.9 Å². The standard InChI is InChI=1S/C15H19Cl2NO3S/c1-9(2)10(3)18-14(19)7-21-15(20)8-22-13-6-11(16)4-5-12(13)17/h4-6,9-10H,7-8H2,1-3H3,(H,18,19). The summed E-state index contributed by atoms with van der Waals surface area (Å²) in [7, 11) is 0. The van der Waals surface area contributed by atoms with Crippen LogP contribution in [0.3, 0.4) is 0 Å². The molecule has 4 nitrogen and oxygen atoms in total. The molecule has 22 heavy (non-hydrogen) atoms. The molecule has 1 atom stereocenters. The fourth-order valence-electron chi connectivity index (χ4n) is 1.37. The molecule has 1 aromatic carbocycles. The van der Waals surface area contributed by atoms with Gasteiger partial charge in [0.1, 0.15) is 0 Å². The lowest BCUT2D eigenvalue weighted by Gasteiger charge is -2.17. The molecule has 1 unspecified atom stereocenters. The fourth-order valence-corrected chi connectivity index (χ4v) is 2.67. The van der Waals surface area contributed by atoms with Gasteiger partial charge < -0.3 is 10.1 Å². The van der Waals surface area contributed by atoms with E-state index < -0.39 is 5.97 Å². The van der Waals surface area contributed by atoms with Crippen molar-refractivity contribution in [1.82, 2.24) is 5.32 Å². The molecule has 0 aliphatic heterocycles. The zero-order valence-electron chi connectivity index (χ0n) is 12.7. The van der Waals surface area contributed by atoms with Crippen LogP contribution in [0, 0.1) is 5.92 Å². The molecular formula is C15H19Cl2NO3S. The third kappa shape index (κ3) is 6.90. The number of ether oxygens (including phenoxy) is 1. The summed E-state index contributed by atoms with van der Waals surface area (Å²) < 4.78 is 4.93. The highest BCUT2D eigenvalue weighted by atomic mass is 35.5. The van der Waals surface area contributed by atoms with Crippen LogP contribution in [-0.2, 0) is 14.3 Å². The largest absolute Gasteiger partial charge is 0.455 e. The summed E-state index contributed by atoms with van der Waals surface area (Å²) in [6.45, 7) is 5.63. The summed E-state index contributed by atoms with van der Waals surface area (Å²) in [5.74, 6) is -0.401. The van der Waals surface area contributed by atoms with Gasteiger partial charge in [0, 0.05) is 16.0 Å². The lowest BCUT2D eigenvalue weighted by molar-refractivity contribution is -0.146. The van der Waals surface area contributed by atoms with Gasteiger partial charge in [-0.1, -0.05) is 37.0 Å². The van der Waals surface area contributed by atoms with Crippen LogP contribution in [0.4, 0.5) is 0 Å². The molecule has 0 saturated carbocycles. The highest BCUT2D eigenvalue weighted by molar-refractivity contribution is 8.00. The Morgan fingerprint density at radius 1 is 1.27 bits per heavy atom. The van der Waals surface area contributed by atoms with Crippen molar-refractivity contribution in [3.63, 3.8) is 0 Å². The van der Waals surface area contributed by atoms with Crippen molar-refractivity contribution < 1.29 is 14.3 Å². The van der Waals surface area contributed by atoms with E-state index in [0.717, 1.165) is 0 Å². The smallest absolute Gasteiger partial charge is 0.316 e. The van der Waals surface area contributed by atoms with E-state index in [2.05, 4.69) is 5.32 Å². The molecule has 0 aromatic heterocycles. The highest BCUT2D eigenvalue weighted by Gasteiger charge is 2.13. The number of hydrogen-bond donors (Lipinski definition) is 1. The summed E-state index contributed by atoms with van der Waals surface area (Å²) in [5.41, 5.74) is 0. The summed E-state index contributed by atoms with van der Waals surface area (Å²) in [5, 5.41) is 3.83. The zero-order chi connectivity index (χ0) is 16.7. The van der Waals surface area contributed by atoms with E-state index >= 15 is 0 Å². The van der Waals surface area contributed by atoms with Gasteiger partial charge in [0.15, 0.2) is 6.61 Å². The number of thioether (sulfide) groups is 1. The second-order valence-electron chi connectivity index (χ2n) is 5.12. The third-order valence-electron chi connectivity index (χ3n) is 2.99. The Balaban J connectivity index is 2.35. The Morgan fingerprint density at radius 3 is 2.59 bits per heavy atom. The van der Waals surface area contributed by atoms with Crippen LogP contribution in [-0.4, -0.2) is 30.3 Å². The minimum Gasteiger partial charge on any atom is -0.455 e. The predicted molar refractivity (Wildman–Crippen MR) is 90.6 cm³/mol. The second kappa shape index (κ2) is 9.28. The summed E-state index contributed by atoms with van der Waals surface area (Å²) in [4.78, 5) is 23.9.